The Balaban J connectivity index is 2.03. The summed E-state index contributed by atoms with van der Waals surface area (Å²) in [6, 6.07) is 9.60. The number of hydrogen-bond acceptors (Lipinski definition) is 3. The third-order valence-corrected chi connectivity index (χ3v) is 3.21. The predicted octanol–water partition coefficient (Wildman–Crippen LogP) is 3.46. The molecule has 6 heteroatoms. The van der Waals surface area contributed by atoms with Gasteiger partial charge in [-0.25, -0.2) is 13.6 Å². The van der Waals surface area contributed by atoms with Gasteiger partial charge in [0.1, 0.15) is 11.6 Å². The summed E-state index contributed by atoms with van der Waals surface area (Å²) < 4.78 is 31.3. The zero-order valence-electron chi connectivity index (χ0n) is 12.6. The second kappa shape index (κ2) is 7.00. The van der Waals surface area contributed by atoms with E-state index in [0.717, 1.165) is 17.7 Å². The summed E-state index contributed by atoms with van der Waals surface area (Å²) in [4.78, 5) is 23.9. The van der Waals surface area contributed by atoms with Gasteiger partial charge in [-0.2, -0.15) is 0 Å². The van der Waals surface area contributed by atoms with Crippen molar-refractivity contribution in [1.29, 1.82) is 0 Å². The van der Waals surface area contributed by atoms with Crippen molar-refractivity contribution in [3.63, 3.8) is 0 Å². The molecule has 1 amide bonds. The zero-order chi connectivity index (χ0) is 17.0. The SMILES string of the molecule is Cc1ccccc1NC(=O)[C@@H](C)OC(=O)c1ccc(F)cc1F. The molecule has 0 radical (unpaired) electrons. The first-order valence-electron chi connectivity index (χ1n) is 6.91. The standard InChI is InChI=1S/C17H15F2NO3/c1-10-5-3-4-6-15(10)20-16(21)11(2)23-17(22)13-8-7-12(18)9-14(13)19/h3-9,11H,1-2H3,(H,20,21)/t11-/m1/s1. The van der Waals surface area contributed by atoms with Crippen LogP contribution in [0.5, 0.6) is 0 Å². The Labute approximate surface area is 132 Å². The Kier molecular flexibility index (Phi) is 5.05. The van der Waals surface area contributed by atoms with E-state index in [1.165, 1.54) is 6.92 Å². The Morgan fingerprint density at radius 1 is 1.13 bits per heavy atom. The molecule has 0 saturated heterocycles. The van der Waals surface area contributed by atoms with Crippen molar-refractivity contribution in [3.8, 4) is 0 Å². The molecule has 0 heterocycles. The van der Waals surface area contributed by atoms with Crippen molar-refractivity contribution in [2.75, 3.05) is 5.32 Å². The van der Waals surface area contributed by atoms with E-state index in [2.05, 4.69) is 5.32 Å². The average Bonchev–Trinajstić information content (AvgIpc) is 2.49. The maximum Gasteiger partial charge on any atom is 0.341 e. The van der Waals surface area contributed by atoms with Crippen molar-refractivity contribution >= 4 is 17.6 Å². The van der Waals surface area contributed by atoms with Gasteiger partial charge in [-0.1, -0.05) is 18.2 Å². The maximum atomic E-state index is 13.5. The van der Waals surface area contributed by atoms with E-state index in [1.54, 1.807) is 12.1 Å². The molecule has 1 atom stereocenters. The van der Waals surface area contributed by atoms with Crippen LogP contribution in [0.3, 0.4) is 0 Å². The second-order valence-electron chi connectivity index (χ2n) is 4.98. The fraction of sp³-hybridized carbons (Fsp3) is 0.176. The molecule has 0 aliphatic heterocycles. The van der Waals surface area contributed by atoms with Gasteiger partial charge >= 0.3 is 5.97 Å². The van der Waals surface area contributed by atoms with Crippen LogP contribution in [0.1, 0.15) is 22.8 Å². The van der Waals surface area contributed by atoms with Gasteiger partial charge in [0.2, 0.25) is 0 Å². The van der Waals surface area contributed by atoms with Gasteiger partial charge in [0.25, 0.3) is 5.91 Å². The number of amides is 1. The lowest BCUT2D eigenvalue weighted by Gasteiger charge is -2.15. The van der Waals surface area contributed by atoms with Gasteiger partial charge in [0.05, 0.1) is 5.56 Å². The highest BCUT2D eigenvalue weighted by Gasteiger charge is 2.21. The van der Waals surface area contributed by atoms with Crippen molar-refractivity contribution in [3.05, 3.63) is 65.2 Å². The third kappa shape index (κ3) is 4.12. The molecular weight excluding hydrogens is 304 g/mol. The predicted molar refractivity (Wildman–Crippen MR) is 81.0 cm³/mol. The molecular formula is C17H15F2NO3. The van der Waals surface area contributed by atoms with E-state index in [1.807, 2.05) is 19.1 Å². The number of anilines is 1. The van der Waals surface area contributed by atoms with Gasteiger partial charge in [0, 0.05) is 11.8 Å². The monoisotopic (exact) mass is 319 g/mol. The summed E-state index contributed by atoms with van der Waals surface area (Å²) in [5.41, 5.74) is 1.01. The molecule has 0 bridgehead atoms. The molecule has 0 spiro atoms. The highest BCUT2D eigenvalue weighted by molar-refractivity contribution is 5.97. The van der Waals surface area contributed by atoms with Crippen LogP contribution >= 0.6 is 0 Å². The molecule has 120 valence electrons. The van der Waals surface area contributed by atoms with E-state index >= 15 is 0 Å². The fourth-order valence-corrected chi connectivity index (χ4v) is 1.88. The number of nitrogens with one attached hydrogen (secondary N) is 1. The molecule has 23 heavy (non-hydrogen) atoms. The van der Waals surface area contributed by atoms with Gasteiger partial charge in [-0.3, -0.25) is 4.79 Å². The van der Waals surface area contributed by atoms with Crippen LogP contribution in [0.15, 0.2) is 42.5 Å². The molecule has 1 N–H and O–H groups in total. The highest BCUT2D eigenvalue weighted by Crippen LogP contribution is 2.15. The van der Waals surface area contributed by atoms with Crippen molar-refractivity contribution in [2.24, 2.45) is 0 Å². The van der Waals surface area contributed by atoms with E-state index in [0.29, 0.717) is 11.8 Å². The molecule has 2 rings (SSSR count). The summed E-state index contributed by atoms with van der Waals surface area (Å²) in [5, 5.41) is 2.62. The number of aryl methyl sites for hydroxylation is 1. The number of halogens is 2. The van der Waals surface area contributed by atoms with E-state index in [-0.39, 0.29) is 0 Å². The fourth-order valence-electron chi connectivity index (χ4n) is 1.88. The van der Waals surface area contributed by atoms with E-state index < -0.39 is 35.2 Å². The topological polar surface area (TPSA) is 55.4 Å². The molecule has 0 aliphatic rings. The van der Waals surface area contributed by atoms with Crippen LogP contribution in [0.4, 0.5) is 14.5 Å². The summed E-state index contributed by atoms with van der Waals surface area (Å²) in [7, 11) is 0. The Hall–Kier alpha value is -2.76. The van der Waals surface area contributed by atoms with Gasteiger partial charge in [0.15, 0.2) is 6.10 Å². The summed E-state index contributed by atoms with van der Waals surface area (Å²) in [6.07, 6.45) is -1.13. The average molecular weight is 319 g/mol. The normalized spacial score (nSPS) is 11.7. The Morgan fingerprint density at radius 3 is 2.48 bits per heavy atom. The molecule has 2 aromatic rings. The molecule has 2 aromatic carbocycles. The first-order chi connectivity index (χ1) is 10.9. The highest BCUT2D eigenvalue weighted by atomic mass is 19.1. The Bertz CT molecular complexity index is 746. The number of benzene rings is 2. The quantitative estimate of drug-likeness (QED) is 0.878. The molecule has 0 fully saturated rings. The lowest BCUT2D eigenvalue weighted by atomic mass is 10.2. The maximum absolute atomic E-state index is 13.5. The smallest absolute Gasteiger partial charge is 0.341 e. The molecule has 4 nitrogen and oxygen atoms in total. The zero-order valence-corrected chi connectivity index (χ0v) is 12.6. The van der Waals surface area contributed by atoms with Crippen LogP contribution in [-0.2, 0) is 9.53 Å². The first-order valence-corrected chi connectivity index (χ1v) is 6.91. The van der Waals surface area contributed by atoms with Crippen LogP contribution in [0.25, 0.3) is 0 Å². The largest absolute Gasteiger partial charge is 0.449 e. The lowest BCUT2D eigenvalue weighted by molar-refractivity contribution is -0.123. The van der Waals surface area contributed by atoms with Gasteiger partial charge in [-0.05, 0) is 37.6 Å². The van der Waals surface area contributed by atoms with Crippen LogP contribution in [0.2, 0.25) is 0 Å². The summed E-state index contributed by atoms with van der Waals surface area (Å²) in [5.74, 6) is -3.42. The Morgan fingerprint density at radius 2 is 1.83 bits per heavy atom. The van der Waals surface area contributed by atoms with Crippen molar-refractivity contribution in [2.45, 2.75) is 20.0 Å². The molecule has 0 saturated carbocycles. The minimum absolute atomic E-state index is 0.429. The number of rotatable bonds is 4. The molecule has 0 aromatic heterocycles. The van der Waals surface area contributed by atoms with Crippen LogP contribution in [0, 0.1) is 18.6 Å². The summed E-state index contributed by atoms with van der Waals surface area (Å²) in [6.45, 7) is 3.19. The number of esters is 1. The third-order valence-electron chi connectivity index (χ3n) is 3.21. The minimum atomic E-state index is -1.13. The summed E-state index contributed by atoms with van der Waals surface area (Å²) >= 11 is 0. The number of carbonyl (C=O) groups is 2. The number of ether oxygens (including phenoxy) is 1. The molecule has 0 unspecified atom stereocenters. The number of para-hydroxylation sites is 1. The van der Waals surface area contributed by atoms with Gasteiger partial charge < -0.3 is 10.1 Å². The van der Waals surface area contributed by atoms with Gasteiger partial charge in [-0.15, -0.1) is 0 Å². The van der Waals surface area contributed by atoms with Crippen LogP contribution < -0.4 is 5.32 Å². The second-order valence-corrected chi connectivity index (χ2v) is 4.98. The number of carbonyl (C=O) groups excluding carboxylic acids is 2. The van der Waals surface area contributed by atoms with E-state index in [9.17, 15) is 18.4 Å². The van der Waals surface area contributed by atoms with E-state index in [4.69, 9.17) is 4.74 Å². The van der Waals surface area contributed by atoms with Crippen molar-refractivity contribution in [1.82, 2.24) is 0 Å². The number of hydrogen-bond donors (Lipinski definition) is 1. The van der Waals surface area contributed by atoms with Crippen molar-refractivity contribution < 1.29 is 23.1 Å². The van der Waals surface area contributed by atoms with Crippen LogP contribution in [-0.4, -0.2) is 18.0 Å². The molecule has 0 aliphatic carbocycles. The minimum Gasteiger partial charge on any atom is -0.449 e. The lowest BCUT2D eigenvalue weighted by Crippen LogP contribution is -2.30. The first kappa shape index (κ1) is 16.6.